The van der Waals surface area contributed by atoms with Crippen LogP contribution in [0, 0.1) is 0 Å². The molecule has 2 N–H and O–H groups in total. The number of hydrogen-bond donors (Lipinski definition) is 1. The summed E-state index contributed by atoms with van der Waals surface area (Å²) in [6.07, 6.45) is 0.828. The van der Waals surface area contributed by atoms with Crippen LogP contribution >= 0.6 is 11.3 Å². The second-order valence-corrected chi connectivity index (χ2v) is 6.22. The lowest BCUT2D eigenvalue weighted by Crippen LogP contribution is -2.09. The van der Waals surface area contributed by atoms with Gasteiger partial charge in [-0.05, 0) is 24.1 Å². The highest BCUT2D eigenvalue weighted by Gasteiger charge is 2.18. The van der Waals surface area contributed by atoms with Crippen LogP contribution in [0.3, 0.4) is 0 Å². The first kappa shape index (κ1) is 12.5. The first-order chi connectivity index (χ1) is 8.00. The Morgan fingerprint density at radius 3 is 2.76 bits per heavy atom. The predicted octanol–water partition coefficient (Wildman–Crippen LogP) is 3.03. The first-order valence-electron chi connectivity index (χ1n) is 5.72. The number of aromatic nitrogens is 1. The largest absolute Gasteiger partial charge is 0.304 e. The molecular weight excluding hydrogens is 232 g/mol. The molecule has 0 radical (unpaired) electrons. The summed E-state index contributed by atoms with van der Waals surface area (Å²) in [6, 6.07) is 6.38. The molecule has 0 saturated carbocycles. The molecule has 0 amide bonds. The van der Waals surface area contributed by atoms with Gasteiger partial charge < -0.3 is 4.84 Å². The summed E-state index contributed by atoms with van der Waals surface area (Å²) in [4.78, 5) is 9.30. The monoisotopic (exact) mass is 250 g/mol. The number of hydrogen-bond acceptors (Lipinski definition) is 4. The molecule has 17 heavy (non-hydrogen) atoms. The van der Waals surface area contributed by atoms with Gasteiger partial charge in [-0.2, -0.15) is 0 Å². The summed E-state index contributed by atoms with van der Waals surface area (Å²) in [6.45, 7) is 7.11. The Morgan fingerprint density at radius 1 is 1.35 bits per heavy atom. The normalized spacial score (nSPS) is 12.2. The van der Waals surface area contributed by atoms with Crippen LogP contribution < -0.4 is 5.90 Å². The number of nitrogens with zero attached hydrogens (tertiary/aromatic N) is 1. The molecule has 2 rings (SSSR count). The highest BCUT2D eigenvalue weighted by molar-refractivity contribution is 7.18. The lowest BCUT2D eigenvalue weighted by atomic mass is 9.98. The lowest BCUT2D eigenvalue weighted by Gasteiger charge is -2.13. The standard InChI is InChI=1S/C13H18N2OS/c1-13(2,3)12-15-10-8-9(6-7-16-14)4-5-11(10)17-12/h4-5,8H,6-7,14H2,1-3H3. The van der Waals surface area contributed by atoms with Gasteiger partial charge in [0.15, 0.2) is 0 Å². The van der Waals surface area contributed by atoms with Crippen molar-refractivity contribution in [1.29, 1.82) is 0 Å². The van der Waals surface area contributed by atoms with Crippen LogP contribution in [0.1, 0.15) is 31.3 Å². The van der Waals surface area contributed by atoms with Crippen LogP contribution in [-0.4, -0.2) is 11.6 Å². The van der Waals surface area contributed by atoms with Gasteiger partial charge in [0.1, 0.15) is 0 Å². The Bertz CT molecular complexity index is 514. The molecule has 0 bridgehead atoms. The smallest absolute Gasteiger partial charge is 0.0992 e. The molecule has 1 heterocycles. The third-order valence-electron chi connectivity index (χ3n) is 2.60. The Hall–Kier alpha value is -0.970. The fourth-order valence-electron chi connectivity index (χ4n) is 1.63. The van der Waals surface area contributed by atoms with E-state index in [1.807, 2.05) is 0 Å². The van der Waals surface area contributed by atoms with Crippen molar-refractivity contribution in [2.24, 2.45) is 5.90 Å². The maximum Gasteiger partial charge on any atom is 0.0992 e. The Labute approximate surface area is 106 Å². The van der Waals surface area contributed by atoms with Crippen molar-refractivity contribution in [2.75, 3.05) is 6.61 Å². The van der Waals surface area contributed by atoms with Gasteiger partial charge in [-0.1, -0.05) is 26.8 Å². The molecule has 3 nitrogen and oxygen atoms in total. The van der Waals surface area contributed by atoms with Crippen molar-refractivity contribution in [3.63, 3.8) is 0 Å². The van der Waals surface area contributed by atoms with Gasteiger partial charge in [0.2, 0.25) is 0 Å². The van der Waals surface area contributed by atoms with Crippen molar-refractivity contribution in [2.45, 2.75) is 32.6 Å². The van der Waals surface area contributed by atoms with Crippen LogP contribution in [0.2, 0.25) is 0 Å². The van der Waals surface area contributed by atoms with Gasteiger partial charge >= 0.3 is 0 Å². The molecule has 0 fully saturated rings. The maximum absolute atomic E-state index is 5.04. The highest BCUT2D eigenvalue weighted by Crippen LogP contribution is 2.31. The third-order valence-corrected chi connectivity index (χ3v) is 4.06. The zero-order valence-electron chi connectivity index (χ0n) is 10.5. The van der Waals surface area contributed by atoms with Gasteiger partial charge in [-0.25, -0.2) is 10.9 Å². The molecule has 0 saturated heterocycles. The molecule has 0 unspecified atom stereocenters. The molecule has 0 aliphatic heterocycles. The van der Waals surface area contributed by atoms with Gasteiger partial charge in [0.25, 0.3) is 0 Å². The van der Waals surface area contributed by atoms with E-state index in [1.165, 1.54) is 15.3 Å². The summed E-state index contributed by atoms with van der Waals surface area (Å²) >= 11 is 1.77. The molecule has 4 heteroatoms. The van der Waals surface area contributed by atoms with E-state index in [4.69, 9.17) is 10.9 Å². The summed E-state index contributed by atoms with van der Waals surface area (Å²) in [5, 5.41) is 1.18. The number of benzene rings is 1. The van der Waals surface area contributed by atoms with E-state index in [2.05, 4.69) is 43.8 Å². The molecule has 0 aliphatic rings. The van der Waals surface area contributed by atoms with Crippen LogP contribution in [0.15, 0.2) is 18.2 Å². The summed E-state index contributed by atoms with van der Waals surface area (Å²) in [5.41, 5.74) is 2.41. The minimum atomic E-state index is 0.115. The third kappa shape index (κ3) is 2.83. The lowest BCUT2D eigenvalue weighted by molar-refractivity contribution is 0.141. The SMILES string of the molecule is CC(C)(C)c1nc2cc(CCON)ccc2s1. The van der Waals surface area contributed by atoms with Gasteiger partial charge in [0.05, 0.1) is 21.8 Å². The summed E-state index contributed by atoms with van der Waals surface area (Å²) in [7, 11) is 0. The second-order valence-electron chi connectivity index (χ2n) is 5.19. The van der Waals surface area contributed by atoms with E-state index in [-0.39, 0.29) is 5.41 Å². The fourth-order valence-corrected chi connectivity index (χ4v) is 2.63. The summed E-state index contributed by atoms with van der Waals surface area (Å²) in [5.74, 6) is 5.04. The Kier molecular flexibility index (Phi) is 3.47. The van der Waals surface area contributed by atoms with E-state index >= 15 is 0 Å². The number of nitrogens with two attached hydrogens (primary N) is 1. The zero-order chi connectivity index (χ0) is 12.5. The fraction of sp³-hybridized carbons (Fsp3) is 0.462. The van der Waals surface area contributed by atoms with Gasteiger partial charge in [0, 0.05) is 5.41 Å². The van der Waals surface area contributed by atoms with Crippen molar-refractivity contribution in [3.05, 3.63) is 28.8 Å². The molecule has 2 aromatic rings. The molecular formula is C13H18N2OS. The van der Waals surface area contributed by atoms with E-state index in [9.17, 15) is 0 Å². The molecule has 0 atom stereocenters. The quantitative estimate of drug-likeness (QED) is 0.852. The van der Waals surface area contributed by atoms with E-state index < -0.39 is 0 Å². The number of fused-ring (bicyclic) bond motifs is 1. The predicted molar refractivity (Wildman–Crippen MR) is 72.2 cm³/mol. The maximum atomic E-state index is 5.04. The van der Waals surface area contributed by atoms with Crippen molar-refractivity contribution >= 4 is 21.6 Å². The number of rotatable bonds is 3. The second kappa shape index (κ2) is 4.72. The van der Waals surface area contributed by atoms with Crippen molar-refractivity contribution in [1.82, 2.24) is 4.98 Å². The minimum absolute atomic E-state index is 0.115. The molecule has 1 aromatic carbocycles. The van der Waals surface area contributed by atoms with Crippen LogP contribution in [0.5, 0.6) is 0 Å². The van der Waals surface area contributed by atoms with Gasteiger partial charge in [-0.15, -0.1) is 11.3 Å². The van der Waals surface area contributed by atoms with E-state index in [0.29, 0.717) is 6.61 Å². The Balaban J connectivity index is 2.34. The average Bonchev–Trinajstić information content (AvgIpc) is 2.68. The molecule has 1 aromatic heterocycles. The number of thiazole rings is 1. The minimum Gasteiger partial charge on any atom is -0.304 e. The topological polar surface area (TPSA) is 48.1 Å². The average molecular weight is 250 g/mol. The molecule has 0 aliphatic carbocycles. The van der Waals surface area contributed by atoms with E-state index in [1.54, 1.807) is 11.3 Å². The van der Waals surface area contributed by atoms with Crippen molar-refractivity contribution in [3.8, 4) is 0 Å². The van der Waals surface area contributed by atoms with Gasteiger partial charge in [-0.3, -0.25) is 0 Å². The first-order valence-corrected chi connectivity index (χ1v) is 6.54. The van der Waals surface area contributed by atoms with Crippen LogP contribution in [0.4, 0.5) is 0 Å². The highest BCUT2D eigenvalue weighted by atomic mass is 32.1. The van der Waals surface area contributed by atoms with Crippen molar-refractivity contribution < 1.29 is 4.84 Å². The van der Waals surface area contributed by atoms with Crippen LogP contribution in [0.25, 0.3) is 10.2 Å². The molecule has 0 spiro atoms. The molecule has 92 valence electrons. The van der Waals surface area contributed by atoms with Crippen LogP contribution in [-0.2, 0) is 16.7 Å². The zero-order valence-corrected chi connectivity index (χ0v) is 11.3. The van der Waals surface area contributed by atoms with E-state index in [0.717, 1.165) is 11.9 Å². The Morgan fingerprint density at radius 2 is 2.12 bits per heavy atom. The summed E-state index contributed by atoms with van der Waals surface area (Å²) < 4.78 is 1.24.